The minimum absolute atomic E-state index is 0.136. The number of aliphatic hydroxyl groups excluding tert-OH is 1. The Morgan fingerprint density at radius 3 is 2.31 bits per heavy atom. The Morgan fingerprint density at radius 1 is 1.12 bits per heavy atom. The van der Waals surface area contributed by atoms with E-state index in [4.69, 9.17) is 5.73 Å². The first-order chi connectivity index (χ1) is 7.52. The van der Waals surface area contributed by atoms with E-state index in [1.54, 1.807) is 0 Å². The summed E-state index contributed by atoms with van der Waals surface area (Å²) in [7, 11) is 0. The molecule has 2 nitrogen and oxygen atoms in total. The van der Waals surface area contributed by atoms with Crippen LogP contribution in [0.25, 0.3) is 0 Å². The Labute approximate surface area is 102 Å². The molecule has 0 saturated carbocycles. The molecule has 0 aliphatic rings. The largest absolute Gasteiger partial charge is 0.393 e. The molecule has 0 aliphatic heterocycles. The van der Waals surface area contributed by atoms with Gasteiger partial charge < -0.3 is 10.8 Å². The predicted octanol–water partition coefficient (Wildman–Crippen LogP) is 3.47. The fraction of sp³-hybridized carbons (Fsp3) is 1.00. The molecule has 2 heteroatoms. The summed E-state index contributed by atoms with van der Waals surface area (Å²) in [6.07, 6.45) is 9.07. The van der Waals surface area contributed by atoms with E-state index >= 15 is 0 Å². The van der Waals surface area contributed by atoms with Gasteiger partial charge in [0.05, 0.1) is 6.10 Å². The highest BCUT2D eigenvalue weighted by molar-refractivity contribution is 4.73. The van der Waals surface area contributed by atoms with E-state index in [9.17, 15) is 5.11 Å². The Kier molecular flexibility index (Phi) is 8.96. The maximum absolute atomic E-state index is 9.93. The molecule has 0 amide bonds. The zero-order valence-corrected chi connectivity index (χ0v) is 11.5. The standard InChI is InChI=1S/C14H31NO/c1-4-5-6-7-8-9-13(16)12-14(2,3)10-11-15/h13,16H,4-12,15H2,1-3H3. The van der Waals surface area contributed by atoms with E-state index < -0.39 is 0 Å². The molecule has 0 aliphatic carbocycles. The summed E-state index contributed by atoms with van der Waals surface area (Å²) in [5.41, 5.74) is 5.76. The molecule has 0 rings (SSSR count). The quantitative estimate of drug-likeness (QED) is 0.563. The smallest absolute Gasteiger partial charge is 0.0545 e. The third kappa shape index (κ3) is 9.17. The van der Waals surface area contributed by atoms with E-state index in [1.807, 2.05) is 0 Å². The molecule has 1 unspecified atom stereocenters. The summed E-state index contributed by atoms with van der Waals surface area (Å²) in [5.74, 6) is 0. The summed E-state index contributed by atoms with van der Waals surface area (Å²) in [4.78, 5) is 0. The lowest BCUT2D eigenvalue weighted by molar-refractivity contribution is 0.100. The molecule has 0 saturated heterocycles. The molecule has 3 N–H and O–H groups in total. The van der Waals surface area contributed by atoms with E-state index in [0.29, 0.717) is 0 Å². The van der Waals surface area contributed by atoms with Gasteiger partial charge in [-0.05, 0) is 31.2 Å². The second-order valence-corrected chi connectivity index (χ2v) is 5.76. The van der Waals surface area contributed by atoms with Crippen molar-refractivity contribution in [1.29, 1.82) is 0 Å². The summed E-state index contributed by atoms with van der Waals surface area (Å²) < 4.78 is 0. The molecule has 16 heavy (non-hydrogen) atoms. The second-order valence-electron chi connectivity index (χ2n) is 5.76. The van der Waals surface area contributed by atoms with Gasteiger partial charge in [-0.3, -0.25) is 0 Å². The Balaban J connectivity index is 3.53. The maximum Gasteiger partial charge on any atom is 0.0545 e. The van der Waals surface area contributed by atoms with E-state index in [2.05, 4.69) is 20.8 Å². The van der Waals surface area contributed by atoms with Gasteiger partial charge in [-0.15, -0.1) is 0 Å². The van der Waals surface area contributed by atoms with Crippen molar-refractivity contribution in [2.45, 2.75) is 78.2 Å². The van der Waals surface area contributed by atoms with Crippen LogP contribution in [0.5, 0.6) is 0 Å². The predicted molar refractivity (Wildman–Crippen MR) is 71.5 cm³/mol. The molecular formula is C14H31NO. The van der Waals surface area contributed by atoms with Crippen molar-refractivity contribution in [2.75, 3.05) is 6.54 Å². The van der Waals surface area contributed by atoms with Crippen molar-refractivity contribution in [3.05, 3.63) is 0 Å². The highest BCUT2D eigenvalue weighted by atomic mass is 16.3. The summed E-state index contributed by atoms with van der Waals surface area (Å²) in [5, 5.41) is 9.93. The zero-order valence-electron chi connectivity index (χ0n) is 11.5. The van der Waals surface area contributed by atoms with Crippen LogP contribution in [-0.2, 0) is 0 Å². The maximum atomic E-state index is 9.93. The van der Waals surface area contributed by atoms with E-state index in [-0.39, 0.29) is 11.5 Å². The van der Waals surface area contributed by atoms with Crippen LogP contribution in [-0.4, -0.2) is 17.8 Å². The summed E-state index contributed by atoms with van der Waals surface area (Å²) in [6, 6.07) is 0. The molecular weight excluding hydrogens is 198 g/mol. The van der Waals surface area contributed by atoms with Crippen molar-refractivity contribution in [1.82, 2.24) is 0 Å². The number of aliphatic hydroxyl groups is 1. The monoisotopic (exact) mass is 229 g/mol. The van der Waals surface area contributed by atoms with Gasteiger partial charge in [0.15, 0.2) is 0 Å². The Hall–Kier alpha value is -0.0800. The number of hydrogen-bond acceptors (Lipinski definition) is 2. The van der Waals surface area contributed by atoms with Gasteiger partial charge in [-0.25, -0.2) is 0 Å². The molecule has 0 fully saturated rings. The van der Waals surface area contributed by atoms with Crippen molar-refractivity contribution in [3.63, 3.8) is 0 Å². The fourth-order valence-corrected chi connectivity index (χ4v) is 2.22. The molecule has 0 aromatic heterocycles. The molecule has 1 atom stereocenters. The van der Waals surface area contributed by atoms with Crippen molar-refractivity contribution in [3.8, 4) is 0 Å². The average molecular weight is 229 g/mol. The Morgan fingerprint density at radius 2 is 1.75 bits per heavy atom. The van der Waals surface area contributed by atoms with Gasteiger partial charge in [0, 0.05) is 0 Å². The van der Waals surface area contributed by atoms with E-state index in [1.165, 1.54) is 32.1 Å². The average Bonchev–Trinajstić information content (AvgIpc) is 2.16. The van der Waals surface area contributed by atoms with Crippen molar-refractivity contribution in [2.24, 2.45) is 11.1 Å². The van der Waals surface area contributed by atoms with Crippen LogP contribution in [0.1, 0.15) is 72.1 Å². The van der Waals surface area contributed by atoms with Crippen LogP contribution in [0.4, 0.5) is 0 Å². The molecule has 0 heterocycles. The van der Waals surface area contributed by atoms with Crippen molar-refractivity contribution >= 4 is 0 Å². The lowest BCUT2D eigenvalue weighted by Gasteiger charge is -2.26. The van der Waals surface area contributed by atoms with Crippen LogP contribution in [0, 0.1) is 5.41 Å². The van der Waals surface area contributed by atoms with Crippen LogP contribution >= 0.6 is 0 Å². The molecule has 0 aromatic rings. The van der Waals surface area contributed by atoms with E-state index in [0.717, 1.165) is 25.8 Å². The zero-order chi connectivity index (χ0) is 12.4. The molecule has 98 valence electrons. The topological polar surface area (TPSA) is 46.2 Å². The van der Waals surface area contributed by atoms with Crippen LogP contribution in [0.15, 0.2) is 0 Å². The third-order valence-electron chi connectivity index (χ3n) is 3.25. The summed E-state index contributed by atoms with van der Waals surface area (Å²) >= 11 is 0. The lowest BCUT2D eigenvalue weighted by Crippen LogP contribution is -2.23. The second kappa shape index (κ2) is 9.00. The number of unbranched alkanes of at least 4 members (excludes halogenated alkanes) is 4. The first kappa shape index (κ1) is 15.9. The summed E-state index contributed by atoms with van der Waals surface area (Å²) in [6.45, 7) is 7.33. The van der Waals surface area contributed by atoms with Crippen LogP contribution in [0.2, 0.25) is 0 Å². The Bertz CT molecular complexity index is 157. The SMILES string of the molecule is CCCCCCCC(O)CC(C)(C)CCN. The van der Waals surface area contributed by atoms with Crippen LogP contribution in [0.3, 0.4) is 0 Å². The van der Waals surface area contributed by atoms with Gasteiger partial charge in [-0.1, -0.05) is 52.9 Å². The molecule has 0 bridgehead atoms. The first-order valence-corrected chi connectivity index (χ1v) is 6.90. The molecule has 0 aromatic carbocycles. The first-order valence-electron chi connectivity index (χ1n) is 6.90. The minimum Gasteiger partial charge on any atom is -0.393 e. The van der Waals surface area contributed by atoms with Gasteiger partial charge >= 0.3 is 0 Å². The van der Waals surface area contributed by atoms with Gasteiger partial charge in [0.25, 0.3) is 0 Å². The molecule has 0 spiro atoms. The van der Waals surface area contributed by atoms with Crippen molar-refractivity contribution < 1.29 is 5.11 Å². The highest BCUT2D eigenvalue weighted by Crippen LogP contribution is 2.27. The molecule has 0 radical (unpaired) electrons. The fourth-order valence-electron chi connectivity index (χ4n) is 2.22. The van der Waals surface area contributed by atoms with Crippen LogP contribution < -0.4 is 5.73 Å². The highest BCUT2D eigenvalue weighted by Gasteiger charge is 2.20. The van der Waals surface area contributed by atoms with Gasteiger partial charge in [-0.2, -0.15) is 0 Å². The number of hydrogen-bond donors (Lipinski definition) is 2. The minimum atomic E-state index is -0.136. The number of nitrogens with two attached hydrogens (primary N) is 1. The van der Waals surface area contributed by atoms with Gasteiger partial charge in [0.1, 0.15) is 0 Å². The third-order valence-corrected chi connectivity index (χ3v) is 3.25. The lowest BCUT2D eigenvalue weighted by atomic mass is 9.82. The number of rotatable bonds is 10. The normalized spacial score (nSPS) is 14.1. The van der Waals surface area contributed by atoms with Gasteiger partial charge in [0.2, 0.25) is 0 Å².